The fourth-order valence-corrected chi connectivity index (χ4v) is 3.28. The SMILES string of the molecule is O=S(=O)(Nc1ccon1)c1c(Cl)nc2ccccn12. The average molecular weight is 299 g/mol. The summed E-state index contributed by atoms with van der Waals surface area (Å²) in [6.45, 7) is 0. The average Bonchev–Trinajstić information content (AvgIpc) is 2.94. The van der Waals surface area contributed by atoms with Crippen LogP contribution in [0.15, 0.2) is 46.3 Å². The van der Waals surface area contributed by atoms with Crippen LogP contribution in [0.5, 0.6) is 0 Å². The lowest BCUT2D eigenvalue weighted by Crippen LogP contribution is -2.15. The minimum Gasteiger partial charge on any atom is -0.363 e. The number of nitrogens with zero attached hydrogens (tertiary/aromatic N) is 3. The molecule has 0 bridgehead atoms. The van der Waals surface area contributed by atoms with E-state index in [1.807, 2.05) is 0 Å². The molecule has 7 nitrogen and oxygen atoms in total. The van der Waals surface area contributed by atoms with Gasteiger partial charge in [0.2, 0.25) is 0 Å². The zero-order valence-corrected chi connectivity index (χ0v) is 10.9. The van der Waals surface area contributed by atoms with Crippen LogP contribution in [0.2, 0.25) is 5.15 Å². The fraction of sp³-hybridized carbons (Fsp3) is 0. The van der Waals surface area contributed by atoms with Crippen molar-refractivity contribution in [3.8, 4) is 0 Å². The summed E-state index contributed by atoms with van der Waals surface area (Å²) in [5.41, 5.74) is 0.438. The van der Waals surface area contributed by atoms with Gasteiger partial charge in [-0.2, -0.15) is 8.42 Å². The van der Waals surface area contributed by atoms with Crippen LogP contribution in [0.3, 0.4) is 0 Å². The number of pyridine rings is 1. The summed E-state index contributed by atoms with van der Waals surface area (Å²) in [7, 11) is -3.90. The maximum atomic E-state index is 12.3. The van der Waals surface area contributed by atoms with Crippen LogP contribution < -0.4 is 4.72 Å². The lowest BCUT2D eigenvalue weighted by Gasteiger charge is -2.04. The highest BCUT2D eigenvalue weighted by Gasteiger charge is 2.25. The molecule has 0 spiro atoms. The molecule has 1 N–H and O–H groups in total. The maximum Gasteiger partial charge on any atom is 0.282 e. The van der Waals surface area contributed by atoms with Crippen LogP contribution in [0, 0.1) is 0 Å². The molecular formula is C10H7ClN4O3S. The highest BCUT2D eigenvalue weighted by Crippen LogP contribution is 2.24. The van der Waals surface area contributed by atoms with Crippen molar-refractivity contribution in [1.82, 2.24) is 14.5 Å². The number of hydrogen-bond donors (Lipinski definition) is 1. The third-order valence-corrected chi connectivity index (χ3v) is 4.13. The molecule has 98 valence electrons. The lowest BCUT2D eigenvalue weighted by molar-refractivity contribution is 0.423. The van der Waals surface area contributed by atoms with Gasteiger partial charge in [-0.1, -0.05) is 22.8 Å². The van der Waals surface area contributed by atoms with E-state index in [0.29, 0.717) is 5.65 Å². The van der Waals surface area contributed by atoms with Gasteiger partial charge in [-0.25, -0.2) is 4.98 Å². The van der Waals surface area contributed by atoms with Gasteiger partial charge in [-0.05, 0) is 12.1 Å². The number of fused-ring (bicyclic) bond motifs is 1. The molecule has 9 heteroatoms. The zero-order valence-electron chi connectivity index (χ0n) is 9.32. The molecule has 0 aliphatic rings. The second kappa shape index (κ2) is 4.25. The molecule has 0 aromatic carbocycles. The summed E-state index contributed by atoms with van der Waals surface area (Å²) >= 11 is 5.90. The molecule has 0 atom stereocenters. The monoisotopic (exact) mass is 298 g/mol. The third-order valence-electron chi connectivity index (χ3n) is 2.38. The Morgan fingerprint density at radius 2 is 2.16 bits per heavy atom. The van der Waals surface area contributed by atoms with Crippen LogP contribution in [0.4, 0.5) is 5.82 Å². The van der Waals surface area contributed by atoms with Gasteiger partial charge < -0.3 is 4.52 Å². The van der Waals surface area contributed by atoms with Crippen molar-refractivity contribution in [2.24, 2.45) is 0 Å². The molecule has 0 saturated carbocycles. The molecule has 19 heavy (non-hydrogen) atoms. The van der Waals surface area contributed by atoms with Gasteiger partial charge in [0.05, 0.1) is 0 Å². The lowest BCUT2D eigenvalue weighted by atomic mass is 10.5. The number of hydrogen-bond acceptors (Lipinski definition) is 5. The molecule has 0 aliphatic carbocycles. The van der Waals surface area contributed by atoms with E-state index < -0.39 is 10.0 Å². The summed E-state index contributed by atoms with van der Waals surface area (Å²) in [6, 6.07) is 6.45. The summed E-state index contributed by atoms with van der Waals surface area (Å²) in [4.78, 5) is 3.97. The van der Waals surface area contributed by atoms with Crippen molar-refractivity contribution in [2.75, 3.05) is 4.72 Å². The molecule has 0 aliphatic heterocycles. The Kier molecular flexibility index (Phi) is 2.68. The molecule has 3 heterocycles. The number of halogens is 1. The first-order chi connectivity index (χ1) is 9.08. The van der Waals surface area contributed by atoms with Gasteiger partial charge >= 0.3 is 0 Å². The van der Waals surface area contributed by atoms with Gasteiger partial charge in [0.15, 0.2) is 16.0 Å². The Labute approximate surface area is 112 Å². The zero-order chi connectivity index (χ0) is 13.5. The number of rotatable bonds is 3. The van der Waals surface area contributed by atoms with E-state index in [1.54, 1.807) is 24.4 Å². The largest absolute Gasteiger partial charge is 0.363 e. The van der Waals surface area contributed by atoms with Crippen LogP contribution >= 0.6 is 11.6 Å². The van der Waals surface area contributed by atoms with Crippen molar-refractivity contribution in [3.63, 3.8) is 0 Å². The summed E-state index contributed by atoms with van der Waals surface area (Å²) in [6.07, 6.45) is 2.82. The van der Waals surface area contributed by atoms with Gasteiger partial charge in [-0.15, -0.1) is 0 Å². The van der Waals surface area contributed by atoms with E-state index in [9.17, 15) is 8.42 Å². The quantitative estimate of drug-likeness (QED) is 0.796. The highest BCUT2D eigenvalue weighted by atomic mass is 35.5. The first kappa shape index (κ1) is 12.0. The van der Waals surface area contributed by atoms with Crippen molar-refractivity contribution in [3.05, 3.63) is 41.9 Å². The molecule has 3 aromatic rings. The molecular weight excluding hydrogens is 292 g/mol. The minimum absolute atomic E-state index is 0.0712. The normalized spacial score (nSPS) is 11.8. The molecule has 0 saturated heterocycles. The Bertz CT molecular complexity index is 826. The Morgan fingerprint density at radius 3 is 2.89 bits per heavy atom. The van der Waals surface area contributed by atoms with E-state index in [2.05, 4.69) is 19.4 Å². The number of anilines is 1. The number of aromatic nitrogens is 3. The maximum absolute atomic E-state index is 12.3. The summed E-state index contributed by atoms with van der Waals surface area (Å²) in [5, 5.41) is 3.23. The topological polar surface area (TPSA) is 89.5 Å². The van der Waals surface area contributed by atoms with Crippen LogP contribution in [0.1, 0.15) is 0 Å². The van der Waals surface area contributed by atoms with E-state index in [4.69, 9.17) is 11.6 Å². The minimum atomic E-state index is -3.90. The van der Waals surface area contributed by atoms with E-state index in [0.717, 1.165) is 0 Å². The second-order valence-corrected chi connectivity index (χ2v) is 5.58. The summed E-state index contributed by atoms with van der Waals surface area (Å²) in [5.74, 6) is 0.0712. The van der Waals surface area contributed by atoms with Crippen molar-refractivity contribution >= 4 is 33.1 Å². The molecule has 3 rings (SSSR count). The predicted octanol–water partition coefficient (Wildman–Crippen LogP) is 1.78. The first-order valence-electron chi connectivity index (χ1n) is 5.14. The first-order valence-corrected chi connectivity index (χ1v) is 7.00. The Hall–Kier alpha value is -2.06. The molecule has 0 amide bonds. The van der Waals surface area contributed by atoms with Crippen molar-refractivity contribution < 1.29 is 12.9 Å². The third kappa shape index (κ3) is 2.04. The molecule has 3 aromatic heterocycles. The Morgan fingerprint density at radius 1 is 1.32 bits per heavy atom. The smallest absolute Gasteiger partial charge is 0.282 e. The standard InChI is InChI=1S/C10H7ClN4O3S/c11-9-10(15-5-2-1-3-8(15)12-9)19(16,17)14-7-4-6-18-13-7/h1-6H,(H,13,14). The number of sulfonamides is 1. The molecule has 0 radical (unpaired) electrons. The summed E-state index contributed by atoms with van der Waals surface area (Å²) < 4.78 is 32.7. The van der Waals surface area contributed by atoms with E-state index in [-0.39, 0.29) is 16.0 Å². The Balaban J connectivity index is 2.15. The van der Waals surface area contributed by atoms with Gasteiger partial charge in [-0.3, -0.25) is 9.12 Å². The van der Waals surface area contributed by atoms with Crippen molar-refractivity contribution in [1.29, 1.82) is 0 Å². The van der Waals surface area contributed by atoms with Gasteiger partial charge in [0, 0.05) is 12.3 Å². The highest BCUT2D eigenvalue weighted by molar-refractivity contribution is 7.92. The van der Waals surface area contributed by atoms with Crippen LogP contribution in [-0.2, 0) is 10.0 Å². The van der Waals surface area contributed by atoms with Crippen LogP contribution in [-0.4, -0.2) is 23.0 Å². The fourth-order valence-electron chi connectivity index (χ4n) is 1.64. The van der Waals surface area contributed by atoms with E-state index >= 15 is 0 Å². The number of imidazole rings is 1. The molecule has 0 fully saturated rings. The van der Waals surface area contributed by atoms with E-state index in [1.165, 1.54) is 16.7 Å². The molecule has 0 unspecified atom stereocenters. The van der Waals surface area contributed by atoms with Gasteiger partial charge in [0.1, 0.15) is 11.9 Å². The number of nitrogens with one attached hydrogen (secondary N) is 1. The van der Waals surface area contributed by atoms with Gasteiger partial charge in [0.25, 0.3) is 10.0 Å². The second-order valence-electron chi connectivity index (χ2n) is 3.63. The van der Waals surface area contributed by atoms with Crippen LogP contribution in [0.25, 0.3) is 5.65 Å². The van der Waals surface area contributed by atoms with Crippen molar-refractivity contribution in [2.45, 2.75) is 5.03 Å². The predicted molar refractivity (Wildman–Crippen MR) is 67.5 cm³/mol.